The van der Waals surface area contributed by atoms with E-state index < -0.39 is 9.85 Å². The maximum Gasteiger partial charge on any atom is 0.295 e. The van der Waals surface area contributed by atoms with Crippen LogP contribution in [0, 0.1) is 20.2 Å². The van der Waals surface area contributed by atoms with Crippen molar-refractivity contribution in [1.29, 1.82) is 0 Å². The lowest BCUT2D eigenvalue weighted by Gasteiger charge is -2.10. The first-order valence-corrected chi connectivity index (χ1v) is 11.5. The first-order valence-electron chi connectivity index (χ1n) is 11.5. The van der Waals surface area contributed by atoms with Crippen LogP contribution in [-0.4, -0.2) is 30.5 Å². The summed E-state index contributed by atoms with van der Waals surface area (Å²) in [5.74, 6) is 0. The number of hydrogen-bond acceptors (Lipinski definition) is 12. The molecule has 0 aliphatic rings. The van der Waals surface area contributed by atoms with Crippen LogP contribution in [-0.2, 0) is 6.42 Å². The quantitative estimate of drug-likeness (QED) is 0.184. The molecule has 6 aromatic rings. The molecule has 0 aliphatic carbocycles. The number of nitrogens with zero attached hydrogens (tertiary/aromatic N) is 6. The molecule has 0 unspecified atom stereocenters. The van der Waals surface area contributed by atoms with E-state index in [1.807, 2.05) is 48.5 Å². The first kappa shape index (κ1) is 23.5. The van der Waals surface area contributed by atoms with Crippen LogP contribution >= 0.6 is 0 Å². The van der Waals surface area contributed by atoms with Gasteiger partial charge in [-0.25, -0.2) is 9.26 Å². The van der Waals surface area contributed by atoms with Crippen molar-refractivity contribution < 1.29 is 19.1 Å². The molecule has 0 fully saturated rings. The molecular formula is C25H16N8O6. The van der Waals surface area contributed by atoms with E-state index >= 15 is 0 Å². The molecule has 6 rings (SSSR count). The Morgan fingerprint density at radius 2 is 1.00 bits per heavy atom. The van der Waals surface area contributed by atoms with Gasteiger partial charge in [0.2, 0.25) is 0 Å². The van der Waals surface area contributed by atoms with Crippen molar-refractivity contribution in [3.8, 4) is 0 Å². The molecule has 0 saturated heterocycles. The molecule has 0 atom stereocenters. The zero-order chi connectivity index (χ0) is 26.9. The maximum absolute atomic E-state index is 11.5. The standard InChI is InChI=1S/C25H16N8O6/c34-32(35)20-11-9-18-22(30-38-28-18)24(20)26-16-5-1-14(2-6-16)13-15-3-7-17(8-4-15)27-25-21(33(36)37)12-10-19-23(25)31-39-29-19/h1-12,26-27H,13H2. The maximum atomic E-state index is 11.5. The predicted octanol–water partition coefficient (Wildman–Crippen LogP) is 5.65. The highest BCUT2D eigenvalue weighted by molar-refractivity contribution is 5.95. The van der Waals surface area contributed by atoms with E-state index in [9.17, 15) is 20.2 Å². The summed E-state index contributed by atoms with van der Waals surface area (Å²) < 4.78 is 9.46. The van der Waals surface area contributed by atoms with Crippen LogP contribution in [0.15, 0.2) is 82.1 Å². The molecule has 2 N–H and O–H groups in total. The van der Waals surface area contributed by atoms with Gasteiger partial charge in [-0.05, 0) is 74.6 Å². The van der Waals surface area contributed by atoms with Crippen molar-refractivity contribution in [3.05, 3.63) is 104 Å². The van der Waals surface area contributed by atoms with Gasteiger partial charge in [-0.15, -0.1) is 0 Å². The summed E-state index contributed by atoms with van der Waals surface area (Å²) in [7, 11) is 0. The smallest absolute Gasteiger partial charge is 0.295 e. The molecule has 14 nitrogen and oxygen atoms in total. The molecule has 2 aromatic heterocycles. The van der Waals surface area contributed by atoms with Gasteiger partial charge in [-0.3, -0.25) is 20.2 Å². The lowest BCUT2D eigenvalue weighted by atomic mass is 10.0. The minimum atomic E-state index is -0.495. The summed E-state index contributed by atoms with van der Waals surface area (Å²) in [5.41, 5.74) is 4.74. The normalized spacial score (nSPS) is 11.1. The minimum Gasteiger partial charge on any atom is -0.348 e. The number of fused-ring (bicyclic) bond motifs is 2. The summed E-state index contributed by atoms with van der Waals surface area (Å²) in [4.78, 5) is 22.0. The number of aromatic nitrogens is 4. The molecular weight excluding hydrogens is 508 g/mol. The van der Waals surface area contributed by atoms with Gasteiger partial charge in [0.05, 0.1) is 9.85 Å². The molecule has 0 radical (unpaired) electrons. The van der Waals surface area contributed by atoms with E-state index in [1.54, 1.807) is 0 Å². The summed E-state index contributed by atoms with van der Waals surface area (Å²) in [5, 5.41) is 44.2. The van der Waals surface area contributed by atoms with Gasteiger partial charge in [0.1, 0.15) is 22.4 Å². The number of anilines is 4. The molecule has 0 aliphatic heterocycles. The highest BCUT2D eigenvalue weighted by Crippen LogP contribution is 2.35. The fraction of sp³-hybridized carbons (Fsp3) is 0.0400. The Morgan fingerprint density at radius 3 is 1.38 bits per heavy atom. The first-order chi connectivity index (χ1) is 19.0. The van der Waals surface area contributed by atoms with Crippen molar-refractivity contribution in [2.24, 2.45) is 0 Å². The fourth-order valence-corrected chi connectivity index (χ4v) is 4.17. The second-order valence-electron chi connectivity index (χ2n) is 8.52. The fourth-order valence-electron chi connectivity index (χ4n) is 4.17. The summed E-state index contributed by atoms with van der Waals surface area (Å²) in [6, 6.07) is 20.5. The van der Waals surface area contributed by atoms with E-state index in [4.69, 9.17) is 9.26 Å². The van der Waals surface area contributed by atoms with Gasteiger partial charge in [0, 0.05) is 23.5 Å². The van der Waals surface area contributed by atoms with Gasteiger partial charge in [0.25, 0.3) is 11.4 Å². The van der Waals surface area contributed by atoms with Crippen LogP contribution in [0.1, 0.15) is 11.1 Å². The van der Waals surface area contributed by atoms with Gasteiger partial charge in [-0.2, -0.15) is 0 Å². The third-order valence-electron chi connectivity index (χ3n) is 6.06. The SMILES string of the molecule is O=[N+]([O-])c1ccc2nonc2c1Nc1ccc(Cc2ccc(Nc3c([N+](=O)[O-])ccc4nonc34)cc2)cc1. The zero-order valence-electron chi connectivity index (χ0n) is 19.8. The molecule has 0 saturated carbocycles. The number of hydrogen-bond donors (Lipinski definition) is 2. The number of benzene rings is 4. The topological polar surface area (TPSA) is 188 Å². The molecule has 0 amide bonds. The van der Waals surface area contributed by atoms with Crippen LogP contribution in [0.2, 0.25) is 0 Å². The van der Waals surface area contributed by atoms with Crippen molar-refractivity contribution in [3.63, 3.8) is 0 Å². The number of rotatable bonds is 8. The average molecular weight is 524 g/mol. The lowest BCUT2D eigenvalue weighted by molar-refractivity contribution is -0.384. The van der Waals surface area contributed by atoms with Crippen LogP contribution in [0.4, 0.5) is 34.1 Å². The third kappa shape index (κ3) is 4.53. The molecule has 0 spiro atoms. The predicted molar refractivity (Wildman–Crippen MR) is 139 cm³/mol. The minimum absolute atomic E-state index is 0.141. The number of nitro groups is 2. The summed E-state index contributed by atoms with van der Waals surface area (Å²) in [6.07, 6.45) is 0.617. The van der Waals surface area contributed by atoms with Crippen LogP contribution < -0.4 is 10.6 Å². The van der Waals surface area contributed by atoms with Gasteiger partial charge >= 0.3 is 0 Å². The summed E-state index contributed by atoms with van der Waals surface area (Å²) >= 11 is 0. The van der Waals surface area contributed by atoms with Crippen LogP contribution in [0.3, 0.4) is 0 Å². The Hall–Kier alpha value is -5.92. The lowest BCUT2D eigenvalue weighted by Crippen LogP contribution is -1.99. The Morgan fingerprint density at radius 1 is 0.590 bits per heavy atom. The van der Waals surface area contributed by atoms with E-state index in [-0.39, 0.29) is 33.8 Å². The molecule has 4 aromatic carbocycles. The van der Waals surface area contributed by atoms with E-state index in [0.29, 0.717) is 28.8 Å². The second-order valence-corrected chi connectivity index (χ2v) is 8.52. The van der Waals surface area contributed by atoms with E-state index in [2.05, 4.69) is 31.3 Å². The van der Waals surface area contributed by atoms with E-state index in [0.717, 1.165) is 11.1 Å². The highest BCUT2D eigenvalue weighted by Gasteiger charge is 2.22. The van der Waals surface area contributed by atoms with Gasteiger partial charge in [0.15, 0.2) is 11.0 Å². The third-order valence-corrected chi connectivity index (χ3v) is 6.06. The van der Waals surface area contributed by atoms with Crippen LogP contribution in [0.25, 0.3) is 22.1 Å². The van der Waals surface area contributed by atoms with Crippen LogP contribution in [0.5, 0.6) is 0 Å². The molecule has 39 heavy (non-hydrogen) atoms. The number of nitro benzene ring substituents is 2. The molecule has 2 heterocycles. The highest BCUT2D eigenvalue weighted by atomic mass is 16.6. The average Bonchev–Trinajstić information content (AvgIpc) is 3.61. The van der Waals surface area contributed by atoms with Crippen molar-refractivity contribution in [2.75, 3.05) is 10.6 Å². The van der Waals surface area contributed by atoms with Gasteiger partial charge in [-0.1, -0.05) is 24.3 Å². The largest absolute Gasteiger partial charge is 0.348 e. The summed E-state index contributed by atoms with van der Waals surface area (Å²) in [6.45, 7) is 0. The second kappa shape index (κ2) is 9.51. The van der Waals surface area contributed by atoms with Gasteiger partial charge < -0.3 is 10.6 Å². The molecule has 192 valence electrons. The monoisotopic (exact) mass is 524 g/mol. The van der Waals surface area contributed by atoms with Crippen molar-refractivity contribution >= 4 is 56.2 Å². The molecule has 0 bridgehead atoms. The van der Waals surface area contributed by atoms with Crippen molar-refractivity contribution in [2.45, 2.75) is 6.42 Å². The zero-order valence-corrected chi connectivity index (χ0v) is 19.8. The Balaban J connectivity index is 1.18. The molecule has 14 heteroatoms. The van der Waals surface area contributed by atoms with E-state index in [1.165, 1.54) is 24.3 Å². The van der Waals surface area contributed by atoms with Crippen molar-refractivity contribution in [1.82, 2.24) is 20.6 Å². The Kier molecular flexibility index (Phi) is 5.73. The Labute approximate surface area is 217 Å². The Bertz CT molecular complexity index is 1710. The number of nitrogens with one attached hydrogen (secondary N) is 2.